The Hall–Kier alpha value is -1.18. The summed E-state index contributed by atoms with van der Waals surface area (Å²) in [4.78, 5) is 12.5. The Balaban J connectivity index is 1.63. The summed E-state index contributed by atoms with van der Waals surface area (Å²) in [6.45, 7) is 10.7. The second-order valence-electron chi connectivity index (χ2n) is 5.37. The molecular formula is C15H27N5OS. The molecule has 7 heteroatoms. The van der Waals surface area contributed by atoms with Gasteiger partial charge in [-0.2, -0.15) is 0 Å². The molecule has 1 aliphatic rings. The van der Waals surface area contributed by atoms with E-state index in [1.807, 2.05) is 7.05 Å². The van der Waals surface area contributed by atoms with E-state index in [1.165, 1.54) is 4.88 Å². The van der Waals surface area contributed by atoms with Gasteiger partial charge in [-0.1, -0.05) is 0 Å². The molecule has 1 aliphatic heterocycles. The van der Waals surface area contributed by atoms with Gasteiger partial charge in [0.2, 0.25) is 0 Å². The van der Waals surface area contributed by atoms with Crippen LogP contribution in [0.15, 0.2) is 4.99 Å². The van der Waals surface area contributed by atoms with E-state index >= 15 is 0 Å². The lowest BCUT2D eigenvalue weighted by molar-refractivity contribution is 0.0389. The zero-order valence-electron chi connectivity index (χ0n) is 13.8. The fourth-order valence-electron chi connectivity index (χ4n) is 2.48. The van der Waals surface area contributed by atoms with Crippen molar-refractivity contribution in [3.8, 4) is 0 Å². The molecular weight excluding hydrogens is 298 g/mol. The molecule has 6 nitrogen and oxygen atoms in total. The molecule has 1 aromatic heterocycles. The van der Waals surface area contributed by atoms with Crippen LogP contribution in [0.1, 0.15) is 15.6 Å². The molecule has 2 N–H and O–H groups in total. The average Bonchev–Trinajstić information content (AvgIpc) is 2.84. The van der Waals surface area contributed by atoms with Gasteiger partial charge in [-0.15, -0.1) is 11.3 Å². The van der Waals surface area contributed by atoms with Gasteiger partial charge < -0.3 is 15.4 Å². The minimum absolute atomic E-state index is 0.848. The van der Waals surface area contributed by atoms with Crippen molar-refractivity contribution in [2.75, 3.05) is 53.0 Å². The zero-order valence-corrected chi connectivity index (χ0v) is 14.6. The highest BCUT2D eigenvalue weighted by atomic mass is 32.1. The van der Waals surface area contributed by atoms with Gasteiger partial charge in [0.1, 0.15) is 0 Å². The Labute approximate surface area is 137 Å². The lowest BCUT2D eigenvalue weighted by Crippen LogP contribution is -2.44. The first kappa shape index (κ1) is 17.2. The number of nitrogens with zero attached hydrogens (tertiary/aromatic N) is 3. The number of aliphatic imine (C=N–C) groups is 1. The summed E-state index contributed by atoms with van der Waals surface area (Å²) in [6.07, 6.45) is 0.988. The van der Waals surface area contributed by atoms with Crippen molar-refractivity contribution < 1.29 is 4.74 Å². The predicted octanol–water partition coefficient (Wildman–Crippen LogP) is 0.800. The fraction of sp³-hybridized carbons (Fsp3) is 0.733. The maximum absolute atomic E-state index is 5.35. The molecule has 0 spiro atoms. The standard InChI is InChI=1S/C15H27N5OS/c1-12-14(22-13(2)19-12)4-5-17-15(16-3)18-6-7-20-8-10-21-11-9-20/h4-11H2,1-3H3,(H2,16,17,18). The van der Waals surface area contributed by atoms with E-state index in [1.54, 1.807) is 11.3 Å². The highest BCUT2D eigenvalue weighted by molar-refractivity contribution is 7.11. The summed E-state index contributed by atoms with van der Waals surface area (Å²) >= 11 is 1.78. The Morgan fingerprint density at radius 3 is 2.64 bits per heavy atom. The predicted molar refractivity (Wildman–Crippen MR) is 91.9 cm³/mol. The topological polar surface area (TPSA) is 61.8 Å². The molecule has 0 aromatic carbocycles. The van der Waals surface area contributed by atoms with Crippen molar-refractivity contribution in [2.24, 2.45) is 4.99 Å². The number of aromatic nitrogens is 1. The van der Waals surface area contributed by atoms with Crippen LogP contribution in [0.2, 0.25) is 0 Å². The van der Waals surface area contributed by atoms with Gasteiger partial charge in [-0.25, -0.2) is 4.98 Å². The molecule has 0 amide bonds. The molecule has 1 aromatic rings. The maximum Gasteiger partial charge on any atom is 0.191 e. The molecule has 2 heterocycles. The Morgan fingerprint density at radius 2 is 2.00 bits per heavy atom. The van der Waals surface area contributed by atoms with E-state index in [0.717, 1.165) is 69.0 Å². The number of thiazole rings is 1. The van der Waals surface area contributed by atoms with Crippen LogP contribution in [0.3, 0.4) is 0 Å². The van der Waals surface area contributed by atoms with Gasteiger partial charge in [0.15, 0.2) is 5.96 Å². The van der Waals surface area contributed by atoms with Gasteiger partial charge in [0, 0.05) is 51.1 Å². The highest BCUT2D eigenvalue weighted by Gasteiger charge is 2.09. The summed E-state index contributed by atoms with van der Waals surface area (Å²) in [7, 11) is 1.81. The number of hydrogen-bond donors (Lipinski definition) is 2. The number of hydrogen-bond acceptors (Lipinski definition) is 5. The monoisotopic (exact) mass is 325 g/mol. The lowest BCUT2D eigenvalue weighted by atomic mass is 10.3. The zero-order chi connectivity index (χ0) is 15.8. The number of rotatable bonds is 6. The minimum Gasteiger partial charge on any atom is -0.379 e. The van der Waals surface area contributed by atoms with Gasteiger partial charge in [-0.3, -0.25) is 9.89 Å². The average molecular weight is 325 g/mol. The first-order valence-electron chi connectivity index (χ1n) is 7.86. The second-order valence-corrected chi connectivity index (χ2v) is 6.66. The van der Waals surface area contributed by atoms with Crippen molar-refractivity contribution in [2.45, 2.75) is 20.3 Å². The van der Waals surface area contributed by atoms with Crippen molar-refractivity contribution in [1.82, 2.24) is 20.5 Å². The van der Waals surface area contributed by atoms with Crippen molar-refractivity contribution in [3.63, 3.8) is 0 Å². The summed E-state index contributed by atoms with van der Waals surface area (Å²) in [5, 5.41) is 7.87. The first-order chi connectivity index (χ1) is 10.7. The van der Waals surface area contributed by atoms with Crippen LogP contribution in [0.4, 0.5) is 0 Å². The number of guanidine groups is 1. The number of morpholine rings is 1. The van der Waals surface area contributed by atoms with E-state index in [-0.39, 0.29) is 0 Å². The van der Waals surface area contributed by atoms with Crippen LogP contribution >= 0.6 is 11.3 Å². The van der Waals surface area contributed by atoms with Gasteiger partial charge in [0.25, 0.3) is 0 Å². The third-order valence-electron chi connectivity index (χ3n) is 3.69. The molecule has 124 valence electrons. The highest BCUT2D eigenvalue weighted by Crippen LogP contribution is 2.16. The van der Waals surface area contributed by atoms with Gasteiger partial charge >= 0.3 is 0 Å². The normalized spacial score (nSPS) is 16.8. The summed E-state index contributed by atoms with van der Waals surface area (Å²) in [5.74, 6) is 0.868. The van der Waals surface area contributed by atoms with E-state index in [2.05, 4.69) is 39.4 Å². The molecule has 2 rings (SSSR count). The van der Waals surface area contributed by atoms with Crippen LogP contribution in [0.25, 0.3) is 0 Å². The third-order valence-corrected chi connectivity index (χ3v) is 4.82. The van der Waals surface area contributed by atoms with Gasteiger partial charge in [0.05, 0.1) is 23.9 Å². The van der Waals surface area contributed by atoms with Gasteiger partial charge in [-0.05, 0) is 13.8 Å². The smallest absolute Gasteiger partial charge is 0.191 e. The quantitative estimate of drug-likeness (QED) is 0.598. The van der Waals surface area contributed by atoms with Crippen LogP contribution in [0, 0.1) is 13.8 Å². The first-order valence-corrected chi connectivity index (χ1v) is 8.68. The fourth-order valence-corrected chi connectivity index (χ4v) is 3.41. The van der Waals surface area contributed by atoms with Crippen LogP contribution in [0.5, 0.6) is 0 Å². The van der Waals surface area contributed by atoms with Crippen molar-refractivity contribution >= 4 is 17.3 Å². The Kier molecular flexibility index (Phi) is 7.08. The Bertz CT molecular complexity index is 482. The molecule has 1 saturated heterocycles. The Morgan fingerprint density at radius 1 is 1.27 bits per heavy atom. The van der Waals surface area contributed by atoms with Crippen LogP contribution in [-0.2, 0) is 11.2 Å². The molecule has 0 atom stereocenters. The van der Waals surface area contributed by atoms with Crippen LogP contribution in [-0.4, -0.2) is 68.8 Å². The summed E-state index contributed by atoms with van der Waals surface area (Å²) < 4.78 is 5.35. The molecule has 0 saturated carbocycles. The van der Waals surface area contributed by atoms with Crippen LogP contribution < -0.4 is 10.6 Å². The summed E-state index contributed by atoms with van der Waals surface area (Å²) in [5.41, 5.74) is 1.15. The third kappa shape index (κ3) is 5.55. The van der Waals surface area contributed by atoms with Crippen molar-refractivity contribution in [3.05, 3.63) is 15.6 Å². The number of aryl methyl sites for hydroxylation is 2. The second kappa shape index (κ2) is 9.07. The number of nitrogens with one attached hydrogen (secondary N) is 2. The SMILES string of the molecule is CN=C(NCCc1sc(C)nc1C)NCCN1CCOCC1. The van der Waals surface area contributed by atoms with Crippen molar-refractivity contribution in [1.29, 1.82) is 0 Å². The molecule has 0 radical (unpaired) electrons. The molecule has 0 unspecified atom stereocenters. The largest absolute Gasteiger partial charge is 0.379 e. The van der Waals surface area contributed by atoms with E-state index < -0.39 is 0 Å². The molecule has 1 fully saturated rings. The van der Waals surface area contributed by atoms with E-state index in [0.29, 0.717) is 0 Å². The molecule has 22 heavy (non-hydrogen) atoms. The summed E-state index contributed by atoms with van der Waals surface area (Å²) in [6, 6.07) is 0. The maximum atomic E-state index is 5.35. The lowest BCUT2D eigenvalue weighted by Gasteiger charge is -2.26. The number of ether oxygens (including phenoxy) is 1. The van der Waals surface area contributed by atoms with E-state index in [4.69, 9.17) is 4.74 Å². The minimum atomic E-state index is 0.848. The van der Waals surface area contributed by atoms with E-state index in [9.17, 15) is 0 Å². The molecule has 0 aliphatic carbocycles. The molecule has 0 bridgehead atoms.